The molecule has 0 saturated carbocycles. The molecule has 1 heterocycles. The van der Waals surface area contributed by atoms with Crippen molar-refractivity contribution in [1.82, 2.24) is 14.1 Å². The Morgan fingerprint density at radius 2 is 2.00 bits per heavy atom. The van der Waals surface area contributed by atoms with Crippen molar-refractivity contribution in [2.45, 2.75) is 19.6 Å². The largest absolute Gasteiger partial charge is 0.487 e. The van der Waals surface area contributed by atoms with Crippen LogP contribution in [0.3, 0.4) is 0 Å². The molecule has 2 N–H and O–H groups in total. The van der Waals surface area contributed by atoms with Gasteiger partial charge in [0.1, 0.15) is 18.1 Å². The van der Waals surface area contributed by atoms with Gasteiger partial charge in [-0.2, -0.15) is 8.75 Å². The molecule has 1 aromatic heterocycles. The summed E-state index contributed by atoms with van der Waals surface area (Å²) in [6, 6.07) is 16.1. The van der Waals surface area contributed by atoms with E-state index in [1.54, 1.807) is 24.3 Å². The summed E-state index contributed by atoms with van der Waals surface area (Å²) >= 11 is 1.15. The first-order valence-electron chi connectivity index (χ1n) is 8.15. The predicted octanol–water partition coefficient (Wildman–Crippen LogP) is 2.89. The van der Waals surface area contributed by atoms with Gasteiger partial charge < -0.3 is 15.2 Å². The quantitative estimate of drug-likeness (QED) is 0.669. The summed E-state index contributed by atoms with van der Waals surface area (Å²) in [7, 11) is 0. The molecule has 1 unspecified atom stereocenters. The van der Waals surface area contributed by atoms with Gasteiger partial charge in [0.25, 0.3) is 5.91 Å². The summed E-state index contributed by atoms with van der Waals surface area (Å²) in [6.45, 7) is 2.32. The second-order valence-electron chi connectivity index (χ2n) is 5.75. The molecule has 2 aromatic carbocycles. The van der Waals surface area contributed by atoms with E-state index in [4.69, 9.17) is 4.74 Å². The summed E-state index contributed by atoms with van der Waals surface area (Å²) in [6.07, 6.45) is -0.750. The van der Waals surface area contributed by atoms with E-state index < -0.39 is 6.10 Å². The van der Waals surface area contributed by atoms with Gasteiger partial charge >= 0.3 is 0 Å². The Labute approximate surface area is 155 Å². The van der Waals surface area contributed by atoms with Crippen molar-refractivity contribution in [1.29, 1.82) is 0 Å². The van der Waals surface area contributed by atoms with Crippen LogP contribution in [-0.2, 0) is 6.61 Å². The number of aliphatic hydroxyl groups excluding tert-OH is 1. The Bertz CT molecular complexity index is 867. The molecule has 0 aliphatic carbocycles. The SMILES string of the molecule is Cc1nsnc1COc1cccc(C(=O)NCC(O)c2ccccc2)c1. The van der Waals surface area contributed by atoms with Gasteiger partial charge in [-0.05, 0) is 30.7 Å². The van der Waals surface area contributed by atoms with E-state index in [9.17, 15) is 9.90 Å². The number of hydrogen-bond acceptors (Lipinski definition) is 6. The Morgan fingerprint density at radius 3 is 2.73 bits per heavy atom. The van der Waals surface area contributed by atoms with Crippen LogP contribution in [0.25, 0.3) is 0 Å². The van der Waals surface area contributed by atoms with Crippen molar-refractivity contribution in [2.24, 2.45) is 0 Å². The minimum Gasteiger partial charge on any atom is -0.487 e. The molecule has 6 nitrogen and oxygen atoms in total. The molecule has 1 atom stereocenters. The van der Waals surface area contributed by atoms with Crippen LogP contribution >= 0.6 is 11.7 Å². The van der Waals surface area contributed by atoms with Crippen LogP contribution in [0, 0.1) is 6.92 Å². The Balaban J connectivity index is 1.57. The minimum absolute atomic E-state index is 0.137. The standard InChI is InChI=1S/C19H19N3O3S/c1-13-17(22-26-21-13)12-25-16-9-5-8-15(10-16)19(24)20-11-18(23)14-6-3-2-4-7-14/h2-10,18,23H,11-12H2,1H3,(H,20,24). The van der Waals surface area contributed by atoms with Crippen LogP contribution in [0.1, 0.15) is 33.4 Å². The number of aliphatic hydroxyl groups is 1. The lowest BCUT2D eigenvalue weighted by Crippen LogP contribution is -2.28. The number of hydrogen-bond donors (Lipinski definition) is 2. The molecular formula is C19H19N3O3S. The maximum atomic E-state index is 12.3. The van der Waals surface area contributed by atoms with Gasteiger partial charge in [-0.25, -0.2) is 0 Å². The minimum atomic E-state index is -0.750. The van der Waals surface area contributed by atoms with Crippen molar-refractivity contribution in [3.05, 3.63) is 77.1 Å². The average molecular weight is 369 g/mol. The lowest BCUT2D eigenvalue weighted by atomic mass is 10.1. The molecule has 0 saturated heterocycles. The second-order valence-corrected chi connectivity index (χ2v) is 6.28. The van der Waals surface area contributed by atoms with Gasteiger partial charge in [-0.1, -0.05) is 36.4 Å². The number of aromatic nitrogens is 2. The van der Waals surface area contributed by atoms with Crippen LogP contribution in [-0.4, -0.2) is 26.3 Å². The number of carbonyl (C=O) groups excluding carboxylic acids is 1. The third-order valence-electron chi connectivity index (χ3n) is 3.86. The Kier molecular flexibility index (Phi) is 5.93. The zero-order valence-corrected chi connectivity index (χ0v) is 15.1. The zero-order chi connectivity index (χ0) is 18.4. The van der Waals surface area contributed by atoms with Crippen molar-refractivity contribution < 1.29 is 14.6 Å². The molecule has 0 aliphatic rings. The maximum absolute atomic E-state index is 12.3. The van der Waals surface area contributed by atoms with E-state index in [2.05, 4.69) is 14.1 Å². The van der Waals surface area contributed by atoms with Crippen molar-refractivity contribution in [3.8, 4) is 5.75 Å². The first-order chi connectivity index (χ1) is 12.6. The van der Waals surface area contributed by atoms with E-state index in [0.29, 0.717) is 17.9 Å². The van der Waals surface area contributed by atoms with E-state index in [-0.39, 0.29) is 12.5 Å². The molecule has 0 spiro atoms. The topological polar surface area (TPSA) is 84.3 Å². The highest BCUT2D eigenvalue weighted by atomic mass is 32.1. The number of rotatable bonds is 7. The summed E-state index contributed by atoms with van der Waals surface area (Å²) in [4.78, 5) is 12.3. The van der Waals surface area contributed by atoms with E-state index >= 15 is 0 Å². The van der Waals surface area contributed by atoms with Crippen LogP contribution in [0.15, 0.2) is 54.6 Å². The molecule has 7 heteroatoms. The summed E-state index contributed by atoms with van der Waals surface area (Å²) in [5.74, 6) is 0.311. The zero-order valence-electron chi connectivity index (χ0n) is 14.3. The number of aryl methyl sites for hydroxylation is 1. The summed E-state index contributed by atoms with van der Waals surface area (Å²) in [5.41, 5.74) is 2.86. The van der Waals surface area contributed by atoms with Gasteiger partial charge in [-0.3, -0.25) is 4.79 Å². The third kappa shape index (κ3) is 4.65. The normalized spacial score (nSPS) is 11.8. The molecule has 0 radical (unpaired) electrons. The van der Waals surface area contributed by atoms with Gasteiger partial charge in [0.05, 0.1) is 23.5 Å². The average Bonchev–Trinajstić information content (AvgIpc) is 3.10. The fourth-order valence-electron chi connectivity index (χ4n) is 2.34. The smallest absolute Gasteiger partial charge is 0.251 e. The number of amides is 1. The predicted molar refractivity (Wildman–Crippen MR) is 99.2 cm³/mol. The van der Waals surface area contributed by atoms with Crippen LogP contribution in [0.5, 0.6) is 5.75 Å². The fourth-order valence-corrected chi connectivity index (χ4v) is 2.90. The Hall–Kier alpha value is -2.77. The maximum Gasteiger partial charge on any atom is 0.251 e. The molecule has 3 rings (SSSR count). The Morgan fingerprint density at radius 1 is 1.19 bits per heavy atom. The molecule has 0 bridgehead atoms. The summed E-state index contributed by atoms with van der Waals surface area (Å²) in [5, 5.41) is 12.9. The molecule has 26 heavy (non-hydrogen) atoms. The van der Waals surface area contributed by atoms with Crippen molar-refractivity contribution in [2.75, 3.05) is 6.54 Å². The van der Waals surface area contributed by atoms with E-state index in [1.165, 1.54) is 0 Å². The van der Waals surface area contributed by atoms with Gasteiger partial charge in [0.15, 0.2) is 0 Å². The molecule has 134 valence electrons. The lowest BCUT2D eigenvalue weighted by molar-refractivity contribution is 0.0916. The molecule has 0 aliphatic heterocycles. The summed E-state index contributed by atoms with van der Waals surface area (Å²) < 4.78 is 14.0. The second kappa shape index (κ2) is 8.55. The third-order valence-corrected chi connectivity index (χ3v) is 4.52. The highest BCUT2D eigenvalue weighted by Crippen LogP contribution is 2.16. The number of carbonyl (C=O) groups is 1. The molecule has 1 amide bonds. The first kappa shape index (κ1) is 18.0. The number of ether oxygens (including phenoxy) is 1. The van der Waals surface area contributed by atoms with E-state index in [1.807, 2.05) is 37.3 Å². The van der Waals surface area contributed by atoms with E-state index in [0.717, 1.165) is 28.7 Å². The highest BCUT2D eigenvalue weighted by Gasteiger charge is 2.12. The number of nitrogens with one attached hydrogen (secondary N) is 1. The van der Waals surface area contributed by atoms with Gasteiger partial charge in [0.2, 0.25) is 0 Å². The first-order valence-corrected chi connectivity index (χ1v) is 8.88. The lowest BCUT2D eigenvalue weighted by Gasteiger charge is -2.12. The van der Waals surface area contributed by atoms with Crippen LogP contribution < -0.4 is 10.1 Å². The molecular weight excluding hydrogens is 350 g/mol. The van der Waals surface area contributed by atoms with Crippen molar-refractivity contribution >= 4 is 17.6 Å². The highest BCUT2D eigenvalue weighted by molar-refractivity contribution is 6.99. The molecule has 3 aromatic rings. The monoisotopic (exact) mass is 369 g/mol. The fraction of sp³-hybridized carbons (Fsp3) is 0.211. The molecule has 0 fully saturated rings. The van der Waals surface area contributed by atoms with Crippen molar-refractivity contribution in [3.63, 3.8) is 0 Å². The van der Waals surface area contributed by atoms with Crippen LogP contribution in [0.2, 0.25) is 0 Å². The van der Waals surface area contributed by atoms with Crippen LogP contribution in [0.4, 0.5) is 0 Å². The van der Waals surface area contributed by atoms with Gasteiger partial charge in [0, 0.05) is 12.1 Å². The number of benzene rings is 2. The number of nitrogens with zero attached hydrogens (tertiary/aromatic N) is 2. The van der Waals surface area contributed by atoms with Gasteiger partial charge in [-0.15, -0.1) is 0 Å².